The maximum atomic E-state index is 12.7. The highest BCUT2D eigenvalue weighted by Crippen LogP contribution is 2.22. The molecular weight excluding hydrogens is 354 g/mol. The van der Waals surface area contributed by atoms with Gasteiger partial charge in [0.05, 0.1) is 13.2 Å². The number of benzene rings is 1. The topological polar surface area (TPSA) is 73.1 Å². The van der Waals surface area contributed by atoms with Crippen LogP contribution in [-0.2, 0) is 11.2 Å². The van der Waals surface area contributed by atoms with Crippen LogP contribution in [0.5, 0.6) is 0 Å². The SMILES string of the molecule is CCc1nc(-c2ccc(C(=O)N3CCOCC3)cc2)n(-c2cccc(C)n2)n1. The first-order chi connectivity index (χ1) is 13.7. The van der Waals surface area contributed by atoms with E-state index in [0.717, 1.165) is 35.1 Å². The molecule has 3 heterocycles. The summed E-state index contributed by atoms with van der Waals surface area (Å²) < 4.78 is 7.09. The minimum Gasteiger partial charge on any atom is -0.378 e. The minimum absolute atomic E-state index is 0.0333. The number of hydrogen-bond acceptors (Lipinski definition) is 5. The van der Waals surface area contributed by atoms with Gasteiger partial charge in [-0.25, -0.2) is 9.97 Å². The molecule has 28 heavy (non-hydrogen) atoms. The van der Waals surface area contributed by atoms with Crippen LogP contribution in [0.25, 0.3) is 17.2 Å². The molecule has 0 saturated carbocycles. The molecule has 0 radical (unpaired) electrons. The Hall–Kier alpha value is -3.06. The van der Waals surface area contributed by atoms with Crippen LogP contribution in [0.3, 0.4) is 0 Å². The van der Waals surface area contributed by atoms with Gasteiger partial charge >= 0.3 is 0 Å². The van der Waals surface area contributed by atoms with Gasteiger partial charge in [-0.1, -0.05) is 25.1 Å². The number of carbonyl (C=O) groups is 1. The summed E-state index contributed by atoms with van der Waals surface area (Å²) in [6.07, 6.45) is 0.736. The predicted octanol–water partition coefficient (Wildman–Crippen LogP) is 2.67. The summed E-state index contributed by atoms with van der Waals surface area (Å²) in [5.41, 5.74) is 2.48. The Bertz CT molecular complexity index is 975. The van der Waals surface area contributed by atoms with Gasteiger partial charge in [-0.3, -0.25) is 4.79 Å². The molecule has 7 heteroatoms. The maximum Gasteiger partial charge on any atom is 0.254 e. The van der Waals surface area contributed by atoms with Crippen LogP contribution >= 0.6 is 0 Å². The summed E-state index contributed by atoms with van der Waals surface area (Å²) in [6.45, 7) is 6.43. The lowest BCUT2D eigenvalue weighted by atomic mass is 10.1. The van der Waals surface area contributed by atoms with Crippen molar-refractivity contribution in [3.05, 3.63) is 59.5 Å². The number of aryl methyl sites for hydroxylation is 2. The third-order valence-corrected chi connectivity index (χ3v) is 4.75. The number of amides is 1. The van der Waals surface area contributed by atoms with Crippen molar-refractivity contribution in [3.63, 3.8) is 0 Å². The van der Waals surface area contributed by atoms with Crippen molar-refractivity contribution in [2.75, 3.05) is 26.3 Å². The predicted molar refractivity (Wildman–Crippen MR) is 105 cm³/mol. The van der Waals surface area contributed by atoms with Crippen LogP contribution in [0.1, 0.15) is 28.8 Å². The van der Waals surface area contributed by atoms with E-state index in [0.29, 0.717) is 31.9 Å². The van der Waals surface area contributed by atoms with Crippen LogP contribution in [0.4, 0.5) is 0 Å². The fraction of sp³-hybridized carbons (Fsp3) is 0.333. The second-order valence-corrected chi connectivity index (χ2v) is 6.74. The van der Waals surface area contributed by atoms with Gasteiger partial charge in [0, 0.05) is 36.3 Å². The highest BCUT2D eigenvalue weighted by molar-refractivity contribution is 5.94. The third kappa shape index (κ3) is 3.66. The Morgan fingerprint density at radius 1 is 1.07 bits per heavy atom. The molecule has 144 valence electrons. The maximum absolute atomic E-state index is 12.7. The largest absolute Gasteiger partial charge is 0.378 e. The third-order valence-electron chi connectivity index (χ3n) is 4.75. The minimum atomic E-state index is 0.0333. The van der Waals surface area contributed by atoms with Gasteiger partial charge < -0.3 is 9.64 Å². The van der Waals surface area contributed by atoms with Crippen LogP contribution < -0.4 is 0 Å². The second kappa shape index (κ2) is 7.90. The molecule has 0 N–H and O–H groups in total. The van der Waals surface area contributed by atoms with Gasteiger partial charge in [0.1, 0.15) is 0 Å². The Morgan fingerprint density at radius 3 is 2.50 bits per heavy atom. The lowest BCUT2D eigenvalue weighted by molar-refractivity contribution is 0.0303. The summed E-state index contributed by atoms with van der Waals surface area (Å²) >= 11 is 0. The fourth-order valence-corrected chi connectivity index (χ4v) is 3.21. The summed E-state index contributed by atoms with van der Waals surface area (Å²) in [6, 6.07) is 13.4. The first-order valence-corrected chi connectivity index (χ1v) is 9.53. The molecule has 7 nitrogen and oxygen atoms in total. The van der Waals surface area contributed by atoms with Crippen molar-refractivity contribution in [1.29, 1.82) is 0 Å². The van der Waals surface area contributed by atoms with E-state index >= 15 is 0 Å². The van der Waals surface area contributed by atoms with Crippen molar-refractivity contribution < 1.29 is 9.53 Å². The Balaban J connectivity index is 1.66. The molecule has 2 aromatic heterocycles. The monoisotopic (exact) mass is 377 g/mol. The number of hydrogen-bond donors (Lipinski definition) is 0. The number of nitrogens with zero attached hydrogens (tertiary/aromatic N) is 5. The molecule has 0 aliphatic carbocycles. The van der Waals surface area contributed by atoms with Gasteiger partial charge in [-0.2, -0.15) is 4.68 Å². The standard InChI is InChI=1S/C21H23N5O2/c1-3-18-23-20(26(24-18)19-6-4-5-15(2)22-19)16-7-9-17(10-8-16)21(27)25-11-13-28-14-12-25/h4-10H,3,11-14H2,1-2H3. The van der Waals surface area contributed by atoms with Gasteiger partial charge in [-0.15, -0.1) is 5.10 Å². The molecule has 1 amide bonds. The molecule has 3 aromatic rings. The molecule has 0 atom stereocenters. The van der Waals surface area contributed by atoms with Crippen molar-refractivity contribution in [2.24, 2.45) is 0 Å². The molecule has 1 aromatic carbocycles. The van der Waals surface area contributed by atoms with E-state index in [1.807, 2.05) is 61.2 Å². The van der Waals surface area contributed by atoms with E-state index in [1.165, 1.54) is 0 Å². The quantitative estimate of drug-likeness (QED) is 0.699. The summed E-state index contributed by atoms with van der Waals surface area (Å²) in [4.78, 5) is 23.7. The van der Waals surface area contributed by atoms with E-state index in [-0.39, 0.29) is 5.91 Å². The molecule has 4 rings (SSSR count). The van der Waals surface area contributed by atoms with E-state index in [4.69, 9.17) is 4.74 Å². The molecule has 1 aliphatic rings. The van der Waals surface area contributed by atoms with Crippen molar-refractivity contribution in [2.45, 2.75) is 20.3 Å². The lowest BCUT2D eigenvalue weighted by Crippen LogP contribution is -2.40. The Morgan fingerprint density at radius 2 is 1.82 bits per heavy atom. The summed E-state index contributed by atoms with van der Waals surface area (Å²) in [5, 5.41) is 4.60. The van der Waals surface area contributed by atoms with Crippen LogP contribution in [0.15, 0.2) is 42.5 Å². The molecule has 0 bridgehead atoms. The normalized spacial score (nSPS) is 14.3. The van der Waals surface area contributed by atoms with Gasteiger partial charge in [-0.05, 0) is 31.2 Å². The lowest BCUT2D eigenvalue weighted by Gasteiger charge is -2.26. The van der Waals surface area contributed by atoms with Crippen LogP contribution in [0.2, 0.25) is 0 Å². The number of ether oxygens (including phenoxy) is 1. The Kier molecular flexibility index (Phi) is 5.16. The van der Waals surface area contributed by atoms with Crippen molar-refractivity contribution in [3.8, 4) is 17.2 Å². The van der Waals surface area contributed by atoms with Gasteiger partial charge in [0.15, 0.2) is 17.5 Å². The smallest absolute Gasteiger partial charge is 0.254 e. The number of pyridine rings is 1. The molecular formula is C21H23N5O2. The zero-order valence-corrected chi connectivity index (χ0v) is 16.1. The Labute approximate surface area is 164 Å². The number of morpholine rings is 1. The van der Waals surface area contributed by atoms with Crippen molar-refractivity contribution in [1.82, 2.24) is 24.6 Å². The zero-order chi connectivity index (χ0) is 19.5. The zero-order valence-electron chi connectivity index (χ0n) is 16.1. The molecule has 1 aliphatic heterocycles. The highest BCUT2D eigenvalue weighted by atomic mass is 16.5. The second-order valence-electron chi connectivity index (χ2n) is 6.74. The molecule has 1 saturated heterocycles. The summed E-state index contributed by atoms with van der Waals surface area (Å²) in [7, 11) is 0. The van der Waals surface area contributed by atoms with E-state index in [1.54, 1.807) is 4.68 Å². The first kappa shape index (κ1) is 18.3. The fourth-order valence-electron chi connectivity index (χ4n) is 3.21. The highest BCUT2D eigenvalue weighted by Gasteiger charge is 2.19. The van der Waals surface area contributed by atoms with Gasteiger partial charge in [0.25, 0.3) is 5.91 Å². The molecule has 0 spiro atoms. The van der Waals surface area contributed by atoms with Gasteiger partial charge in [0.2, 0.25) is 0 Å². The number of rotatable bonds is 4. The molecule has 1 fully saturated rings. The number of carbonyl (C=O) groups excluding carboxylic acids is 1. The first-order valence-electron chi connectivity index (χ1n) is 9.53. The molecule has 0 unspecified atom stereocenters. The average Bonchev–Trinajstić information content (AvgIpc) is 3.19. The van der Waals surface area contributed by atoms with Crippen LogP contribution in [0, 0.1) is 6.92 Å². The van der Waals surface area contributed by atoms with E-state index in [9.17, 15) is 4.79 Å². The number of aromatic nitrogens is 4. The van der Waals surface area contributed by atoms with E-state index < -0.39 is 0 Å². The van der Waals surface area contributed by atoms with Crippen LogP contribution in [-0.4, -0.2) is 56.9 Å². The summed E-state index contributed by atoms with van der Waals surface area (Å²) in [5.74, 6) is 2.24. The van der Waals surface area contributed by atoms with Crippen molar-refractivity contribution >= 4 is 5.91 Å². The van der Waals surface area contributed by atoms with E-state index in [2.05, 4.69) is 15.1 Å². The average molecular weight is 377 g/mol.